The van der Waals surface area contributed by atoms with Gasteiger partial charge in [0.1, 0.15) is 0 Å². The lowest BCUT2D eigenvalue weighted by Crippen LogP contribution is -2.32. The minimum Gasteiger partial charge on any atom is -0.309 e. The van der Waals surface area contributed by atoms with Crippen molar-refractivity contribution in [3.05, 3.63) is 19.2 Å². The van der Waals surface area contributed by atoms with E-state index < -0.39 is 0 Å². The molecule has 0 saturated heterocycles. The SMILES string of the molecule is CCCNC(c1cc(Br)c(Br)s1)C(C)(C)C. The van der Waals surface area contributed by atoms with Gasteiger partial charge in [-0.05, 0) is 56.3 Å². The second kappa shape index (κ2) is 5.98. The van der Waals surface area contributed by atoms with Crippen molar-refractivity contribution < 1.29 is 0 Å². The molecule has 0 saturated carbocycles. The summed E-state index contributed by atoms with van der Waals surface area (Å²) in [6.07, 6.45) is 1.17. The molecule has 0 amide bonds. The zero-order valence-corrected chi connectivity index (χ0v) is 14.2. The lowest BCUT2D eigenvalue weighted by molar-refractivity contribution is 0.277. The smallest absolute Gasteiger partial charge is 0.0843 e. The predicted octanol–water partition coefficient (Wildman–Crippen LogP) is 5.36. The molecule has 1 rings (SSSR count). The van der Waals surface area contributed by atoms with E-state index in [0.29, 0.717) is 6.04 Å². The molecule has 1 heterocycles. The molecule has 0 aliphatic carbocycles. The van der Waals surface area contributed by atoms with E-state index in [9.17, 15) is 0 Å². The highest BCUT2D eigenvalue weighted by molar-refractivity contribution is 9.13. The summed E-state index contributed by atoms with van der Waals surface area (Å²) in [5.74, 6) is 0. The molecule has 1 N–H and O–H groups in total. The Kier molecular flexibility index (Phi) is 5.49. The molecule has 1 unspecified atom stereocenters. The summed E-state index contributed by atoms with van der Waals surface area (Å²) in [6, 6.07) is 2.63. The van der Waals surface area contributed by atoms with E-state index in [1.807, 2.05) is 11.3 Å². The summed E-state index contributed by atoms with van der Waals surface area (Å²) in [4.78, 5) is 1.39. The van der Waals surface area contributed by atoms with Crippen LogP contribution in [0.1, 0.15) is 45.0 Å². The molecule has 1 nitrogen and oxygen atoms in total. The van der Waals surface area contributed by atoms with Crippen LogP contribution in [0.2, 0.25) is 0 Å². The average Bonchev–Trinajstić information content (AvgIpc) is 2.45. The number of hydrogen-bond acceptors (Lipinski definition) is 2. The molecule has 4 heteroatoms. The van der Waals surface area contributed by atoms with Gasteiger partial charge in [-0.25, -0.2) is 0 Å². The zero-order valence-electron chi connectivity index (χ0n) is 10.2. The van der Waals surface area contributed by atoms with Gasteiger partial charge in [0.2, 0.25) is 0 Å². The second-order valence-corrected chi connectivity index (χ2v) is 8.28. The van der Waals surface area contributed by atoms with Crippen LogP contribution in [0.4, 0.5) is 0 Å². The fourth-order valence-electron chi connectivity index (χ4n) is 1.63. The van der Waals surface area contributed by atoms with Gasteiger partial charge in [0.25, 0.3) is 0 Å². The van der Waals surface area contributed by atoms with Gasteiger partial charge in [0.15, 0.2) is 0 Å². The lowest BCUT2D eigenvalue weighted by atomic mass is 9.86. The van der Waals surface area contributed by atoms with Crippen molar-refractivity contribution in [1.29, 1.82) is 0 Å². The lowest BCUT2D eigenvalue weighted by Gasteiger charge is -2.30. The van der Waals surface area contributed by atoms with Gasteiger partial charge in [-0.15, -0.1) is 11.3 Å². The number of halogens is 2. The predicted molar refractivity (Wildman–Crippen MR) is 80.2 cm³/mol. The van der Waals surface area contributed by atoms with E-state index in [-0.39, 0.29) is 5.41 Å². The Balaban J connectivity index is 2.92. The Morgan fingerprint density at radius 2 is 2.00 bits per heavy atom. The maximum absolute atomic E-state index is 3.63. The highest BCUT2D eigenvalue weighted by atomic mass is 79.9. The van der Waals surface area contributed by atoms with Gasteiger partial charge in [-0.1, -0.05) is 27.7 Å². The van der Waals surface area contributed by atoms with Gasteiger partial charge in [0.05, 0.1) is 3.79 Å². The number of rotatable bonds is 4. The van der Waals surface area contributed by atoms with Crippen molar-refractivity contribution in [2.75, 3.05) is 6.54 Å². The van der Waals surface area contributed by atoms with Crippen molar-refractivity contribution in [2.24, 2.45) is 5.41 Å². The minimum atomic E-state index is 0.235. The summed E-state index contributed by atoms with van der Waals surface area (Å²) >= 11 is 8.93. The zero-order chi connectivity index (χ0) is 12.3. The average molecular weight is 369 g/mol. The van der Waals surface area contributed by atoms with Crippen LogP contribution in [0.3, 0.4) is 0 Å². The molecule has 1 atom stereocenters. The van der Waals surface area contributed by atoms with Crippen molar-refractivity contribution in [3.63, 3.8) is 0 Å². The summed E-state index contributed by atoms with van der Waals surface area (Å²) in [7, 11) is 0. The summed E-state index contributed by atoms with van der Waals surface area (Å²) in [6.45, 7) is 10.1. The highest BCUT2D eigenvalue weighted by Gasteiger charge is 2.27. The molecule has 0 spiro atoms. The summed E-state index contributed by atoms with van der Waals surface area (Å²) in [5, 5.41) is 3.63. The molecular weight excluding hydrogens is 350 g/mol. The number of hydrogen-bond donors (Lipinski definition) is 1. The van der Waals surface area contributed by atoms with Crippen LogP contribution in [0.15, 0.2) is 14.3 Å². The van der Waals surface area contributed by atoms with E-state index in [1.54, 1.807) is 0 Å². The third-order valence-electron chi connectivity index (χ3n) is 2.41. The van der Waals surface area contributed by atoms with Crippen molar-refractivity contribution >= 4 is 43.2 Å². The van der Waals surface area contributed by atoms with Gasteiger partial charge in [-0.3, -0.25) is 0 Å². The van der Waals surface area contributed by atoms with E-state index >= 15 is 0 Å². The monoisotopic (exact) mass is 367 g/mol. The first kappa shape index (κ1) is 14.7. The third-order valence-corrected chi connectivity index (χ3v) is 5.73. The Hall–Kier alpha value is 0.620. The van der Waals surface area contributed by atoms with E-state index in [2.05, 4.69) is 70.9 Å². The first-order valence-corrected chi connectivity index (χ1v) is 7.94. The number of thiophene rings is 1. The maximum Gasteiger partial charge on any atom is 0.0843 e. The Bertz CT molecular complexity index is 322. The van der Waals surface area contributed by atoms with Crippen LogP contribution in [0.25, 0.3) is 0 Å². The minimum absolute atomic E-state index is 0.235. The van der Waals surface area contributed by atoms with Crippen LogP contribution < -0.4 is 5.32 Å². The van der Waals surface area contributed by atoms with Gasteiger partial charge in [-0.2, -0.15) is 0 Å². The van der Waals surface area contributed by atoms with Crippen molar-refractivity contribution in [1.82, 2.24) is 5.32 Å². The molecule has 0 aromatic carbocycles. The summed E-state index contributed by atoms with van der Waals surface area (Å²) in [5.41, 5.74) is 0.235. The standard InChI is InChI=1S/C12H19Br2NS/c1-5-6-15-10(12(2,3)4)9-7-8(13)11(14)16-9/h7,10,15H,5-6H2,1-4H3. The molecule has 0 radical (unpaired) electrons. The molecule has 16 heavy (non-hydrogen) atoms. The van der Waals surface area contributed by atoms with E-state index in [1.165, 1.54) is 15.1 Å². The van der Waals surface area contributed by atoms with Gasteiger partial charge >= 0.3 is 0 Å². The molecule has 1 aromatic rings. The largest absolute Gasteiger partial charge is 0.309 e. The molecule has 0 aliphatic rings. The third kappa shape index (κ3) is 3.83. The van der Waals surface area contributed by atoms with E-state index in [0.717, 1.165) is 11.0 Å². The Morgan fingerprint density at radius 3 is 2.38 bits per heavy atom. The van der Waals surface area contributed by atoms with Crippen LogP contribution in [0, 0.1) is 5.41 Å². The first-order valence-electron chi connectivity index (χ1n) is 5.54. The molecule has 1 aromatic heterocycles. The van der Waals surface area contributed by atoms with Crippen molar-refractivity contribution in [2.45, 2.75) is 40.2 Å². The first-order chi connectivity index (χ1) is 7.36. The molecule has 0 aliphatic heterocycles. The van der Waals surface area contributed by atoms with Crippen LogP contribution >= 0.6 is 43.2 Å². The van der Waals surface area contributed by atoms with Crippen molar-refractivity contribution in [3.8, 4) is 0 Å². The van der Waals surface area contributed by atoms with Crippen LogP contribution in [-0.4, -0.2) is 6.54 Å². The van der Waals surface area contributed by atoms with Crippen LogP contribution in [0.5, 0.6) is 0 Å². The second-order valence-electron chi connectivity index (χ2n) is 5.02. The molecular formula is C12H19Br2NS. The topological polar surface area (TPSA) is 12.0 Å². The van der Waals surface area contributed by atoms with Gasteiger partial charge in [0, 0.05) is 15.4 Å². The molecule has 0 bridgehead atoms. The maximum atomic E-state index is 3.63. The Morgan fingerprint density at radius 1 is 1.38 bits per heavy atom. The van der Waals surface area contributed by atoms with Crippen LogP contribution in [-0.2, 0) is 0 Å². The van der Waals surface area contributed by atoms with E-state index in [4.69, 9.17) is 0 Å². The fourth-order valence-corrected chi connectivity index (χ4v) is 4.04. The molecule has 0 fully saturated rings. The Labute approximate surface area is 119 Å². The summed E-state index contributed by atoms with van der Waals surface area (Å²) < 4.78 is 2.33. The fraction of sp³-hybridized carbons (Fsp3) is 0.667. The molecule has 92 valence electrons. The normalized spacial score (nSPS) is 14.1. The quantitative estimate of drug-likeness (QED) is 0.754. The number of nitrogens with one attached hydrogen (secondary N) is 1. The van der Waals surface area contributed by atoms with Gasteiger partial charge < -0.3 is 5.32 Å². The highest BCUT2D eigenvalue weighted by Crippen LogP contribution is 2.41.